The SMILES string of the molecule is C=CCOc1cc(Br)c(C=Nn2c(-c3cc4c(OC)cccc4o3)nc3ccccc3c2=O)cc1OCC. The number of methoxy groups -OCH3 is 1. The first-order chi connectivity index (χ1) is 18.5. The second-order valence-electron chi connectivity index (χ2n) is 8.15. The maximum atomic E-state index is 13.6. The van der Waals surface area contributed by atoms with E-state index in [1.165, 1.54) is 4.68 Å². The summed E-state index contributed by atoms with van der Waals surface area (Å²) in [4.78, 5) is 18.3. The van der Waals surface area contributed by atoms with Crippen molar-refractivity contribution in [3.8, 4) is 28.8 Å². The number of halogens is 1. The van der Waals surface area contributed by atoms with Gasteiger partial charge in [0.1, 0.15) is 17.9 Å². The minimum Gasteiger partial charge on any atom is -0.496 e. The van der Waals surface area contributed by atoms with E-state index in [1.807, 2.05) is 31.2 Å². The van der Waals surface area contributed by atoms with E-state index in [9.17, 15) is 4.79 Å². The third-order valence-electron chi connectivity index (χ3n) is 5.75. The Bertz CT molecular complexity index is 1740. The summed E-state index contributed by atoms with van der Waals surface area (Å²) in [5.41, 5.74) is 1.49. The van der Waals surface area contributed by atoms with Gasteiger partial charge in [-0.2, -0.15) is 9.78 Å². The average molecular weight is 574 g/mol. The number of aromatic nitrogens is 2. The van der Waals surface area contributed by atoms with Gasteiger partial charge in [0.2, 0.25) is 5.82 Å². The fourth-order valence-electron chi connectivity index (χ4n) is 4.01. The molecule has 2 heterocycles. The standard InChI is InChI=1S/C29H24BrN3O5/c1-4-13-37-26-16-21(30)18(14-25(26)36-5-2)17-31-33-28(32-22-10-7-6-9-19(22)29(33)34)27-15-20-23(35-3)11-8-12-24(20)38-27/h4,6-12,14-17H,1,5,13H2,2-3H3. The predicted molar refractivity (Wildman–Crippen MR) is 152 cm³/mol. The molecule has 9 heteroatoms. The Morgan fingerprint density at radius 2 is 1.87 bits per heavy atom. The van der Waals surface area contributed by atoms with Gasteiger partial charge in [-0.25, -0.2) is 4.98 Å². The maximum Gasteiger partial charge on any atom is 0.282 e. The highest BCUT2D eigenvalue weighted by Crippen LogP contribution is 2.34. The molecule has 192 valence electrons. The number of rotatable bonds is 9. The van der Waals surface area contributed by atoms with Gasteiger partial charge in [0.15, 0.2) is 17.3 Å². The van der Waals surface area contributed by atoms with Crippen LogP contribution in [0.25, 0.3) is 33.5 Å². The maximum absolute atomic E-state index is 13.6. The van der Waals surface area contributed by atoms with E-state index >= 15 is 0 Å². The predicted octanol–water partition coefficient (Wildman–Crippen LogP) is 6.43. The first kappa shape index (κ1) is 25.3. The summed E-state index contributed by atoms with van der Waals surface area (Å²) in [5, 5.41) is 5.75. The Balaban J connectivity index is 1.67. The summed E-state index contributed by atoms with van der Waals surface area (Å²) in [5.74, 6) is 2.41. The number of ether oxygens (including phenoxy) is 3. The van der Waals surface area contributed by atoms with Crippen LogP contribution in [0, 0.1) is 0 Å². The molecule has 0 spiro atoms. The van der Waals surface area contributed by atoms with Crippen LogP contribution in [-0.4, -0.2) is 36.2 Å². The van der Waals surface area contributed by atoms with E-state index in [4.69, 9.17) is 23.6 Å². The Morgan fingerprint density at radius 1 is 1.05 bits per heavy atom. The summed E-state index contributed by atoms with van der Waals surface area (Å²) in [7, 11) is 1.60. The first-order valence-corrected chi connectivity index (χ1v) is 12.7. The highest BCUT2D eigenvalue weighted by Gasteiger charge is 2.18. The fraction of sp³-hybridized carbons (Fsp3) is 0.138. The lowest BCUT2D eigenvalue weighted by Gasteiger charge is -2.13. The molecule has 0 atom stereocenters. The molecule has 0 aliphatic heterocycles. The molecule has 38 heavy (non-hydrogen) atoms. The number of nitrogens with zero attached hydrogens (tertiary/aromatic N) is 3. The van der Waals surface area contributed by atoms with E-state index in [0.717, 1.165) is 5.39 Å². The number of fused-ring (bicyclic) bond motifs is 2. The van der Waals surface area contributed by atoms with Crippen LogP contribution in [-0.2, 0) is 0 Å². The molecule has 0 aliphatic rings. The normalized spacial score (nSPS) is 11.3. The number of furan rings is 1. The molecule has 0 radical (unpaired) electrons. The van der Waals surface area contributed by atoms with Crippen molar-refractivity contribution in [2.24, 2.45) is 5.10 Å². The minimum atomic E-state index is -0.332. The van der Waals surface area contributed by atoms with Gasteiger partial charge in [0.25, 0.3) is 5.56 Å². The van der Waals surface area contributed by atoms with Crippen molar-refractivity contribution in [2.75, 3.05) is 20.3 Å². The van der Waals surface area contributed by atoms with E-state index in [1.54, 1.807) is 55.8 Å². The molecule has 0 unspecified atom stereocenters. The summed E-state index contributed by atoms with van der Waals surface area (Å²) >= 11 is 3.57. The van der Waals surface area contributed by atoms with Crippen LogP contribution in [0.2, 0.25) is 0 Å². The third-order valence-corrected chi connectivity index (χ3v) is 6.43. The van der Waals surface area contributed by atoms with Crippen LogP contribution in [0.15, 0.2) is 92.1 Å². The molecule has 0 fully saturated rings. The van der Waals surface area contributed by atoms with Gasteiger partial charge in [-0.05, 0) is 65.3 Å². The molecular weight excluding hydrogens is 550 g/mol. The smallest absolute Gasteiger partial charge is 0.282 e. The highest BCUT2D eigenvalue weighted by atomic mass is 79.9. The molecule has 0 amide bonds. The van der Waals surface area contributed by atoms with Crippen molar-refractivity contribution in [3.63, 3.8) is 0 Å². The van der Waals surface area contributed by atoms with Crippen molar-refractivity contribution >= 4 is 44.0 Å². The molecule has 5 aromatic rings. The summed E-state index contributed by atoms with van der Waals surface area (Å²) in [6, 6.07) is 18.0. The zero-order valence-electron chi connectivity index (χ0n) is 20.8. The number of para-hydroxylation sites is 1. The Kier molecular flexibility index (Phi) is 7.28. The zero-order valence-corrected chi connectivity index (χ0v) is 22.4. The Labute approximate surface area is 226 Å². The molecular formula is C29H24BrN3O5. The van der Waals surface area contributed by atoms with Crippen molar-refractivity contribution in [2.45, 2.75) is 6.92 Å². The van der Waals surface area contributed by atoms with Crippen LogP contribution in [0.5, 0.6) is 17.2 Å². The molecule has 5 rings (SSSR count). The Hall–Kier alpha value is -4.37. The zero-order chi connectivity index (χ0) is 26.6. The topological polar surface area (TPSA) is 88.1 Å². The highest BCUT2D eigenvalue weighted by molar-refractivity contribution is 9.10. The van der Waals surface area contributed by atoms with Crippen LogP contribution in [0.4, 0.5) is 0 Å². The monoisotopic (exact) mass is 573 g/mol. The first-order valence-electron chi connectivity index (χ1n) is 11.9. The minimum absolute atomic E-state index is 0.260. The van der Waals surface area contributed by atoms with Crippen LogP contribution in [0.3, 0.4) is 0 Å². The van der Waals surface area contributed by atoms with Crippen molar-refractivity contribution < 1.29 is 18.6 Å². The number of benzene rings is 3. The second kappa shape index (κ2) is 10.9. The van der Waals surface area contributed by atoms with Crippen LogP contribution < -0.4 is 19.8 Å². The van der Waals surface area contributed by atoms with Gasteiger partial charge in [-0.3, -0.25) is 4.79 Å². The summed E-state index contributed by atoms with van der Waals surface area (Å²) in [6.07, 6.45) is 3.22. The van der Waals surface area contributed by atoms with Crippen LogP contribution >= 0.6 is 15.9 Å². The molecule has 0 aliphatic carbocycles. The molecule has 0 bridgehead atoms. The molecule has 0 N–H and O–H groups in total. The second-order valence-corrected chi connectivity index (χ2v) is 9.00. The fourth-order valence-corrected chi connectivity index (χ4v) is 4.44. The third kappa shape index (κ3) is 4.80. The summed E-state index contributed by atoms with van der Waals surface area (Å²) < 4.78 is 25.0. The van der Waals surface area contributed by atoms with Gasteiger partial charge in [-0.15, -0.1) is 0 Å². The lowest BCUT2D eigenvalue weighted by molar-refractivity contribution is 0.296. The van der Waals surface area contributed by atoms with Crippen LogP contribution in [0.1, 0.15) is 12.5 Å². The van der Waals surface area contributed by atoms with E-state index < -0.39 is 0 Å². The number of hydrogen-bond donors (Lipinski definition) is 0. The van der Waals surface area contributed by atoms with E-state index in [0.29, 0.717) is 62.7 Å². The van der Waals surface area contributed by atoms with Crippen molar-refractivity contribution in [1.29, 1.82) is 0 Å². The molecule has 3 aromatic carbocycles. The van der Waals surface area contributed by atoms with Gasteiger partial charge < -0.3 is 18.6 Å². The van der Waals surface area contributed by atoms with Gasteiger partial charge >= 0.3 is 0 Å². The lowest BCUT2D eigenvalue weighted by Crippen LogP contribution is -2.20. The average Bonchev–Trinajstić information content (AvgIpc) is 3.37. The van der Waals surface area contributed by atoms with Gasteiger partial charge in [0.05, 0.1) is 36.2 Å². The lowest BCUT2D eigenvalue weighted by atomic mass is 10.2. The van der Waals surface area contributed by atoms with Gasteiger partial charge in [-0.1, -0.05) is 30.9 Å². The molecule has 0 saturated carbocycles. The molecule has 8 nitrogen and oxygen atoms in total. The van der Waals surface area contributed by atoms with Crippen molar-refractivity contribution in [1.82, 2.24) is 9.66 Å². The van der Waals surface area contributed by atoms with E-state index in [-0.39, 0.29) is 11.4 Å². The quantitative estimate of drug-likeness (QED) is 0.149. The molecule has 2 aromatic heterocycles. The molecule has 0 saturated heterocycles. The Morgan fingerprint density at radius 3 is 2.66 bits per heavy atom. The summed E-state index contributed by atoms with van der Waals surface area (Å²) in [6.45, 7) is 6.37. The van der Waals surface area contributed by atoms with E-state index in [2.05, 4.69) is 27.6 Å². The van der Waals surface area contributed by atoms with Gasteiger partial charge in [0, 0.05) is 10.0 Å². The largest absolute Gasteiger partial charge is 0.496 e. The van der Waals surface area contributed by atoms with Crippen molar-refractivity contribution in [3.05, 3.63) is 93.7 Å². The number of hydrogen-bond acceptors (Lipinski definition) is 7.